The SMILES string of the molecule is COc1cc(C(=O)N2CCNCC2(C)C)ccc1F. The lowest BCUT2D eigenvalue weighted by Crippen LogP contribution is -2.59. The molecular weight excluding hydrogens is 247 g/mol. The monoisotopic (exact) mass is 266 g/mol. The van der Waals surface area contributed by atoms with Crippen molar-refractivity contribution in [2.75, 3.05) is 26.7 Å². The van der Waals surface area contributed by atoms with Gasteiger partial charge in [-0.3, -0.25) is 4.79 Å². The van der Waals surface area contributed by atoms with Crippen LogP contribution in [0.2, 0.25) is 0 Å². The zero-order valence-electron chi connectivity index (χ0n) is 11.5. The molecule has 1 aromatic rings. The molecule has 1 N–H and O–H groups in total. The van der Waals surface area contributed by atoms with Crippen molar-refractivity contribution < 1.29 is 13.9 Å². The Kier molecular flexibility index (Phi) is 3.75. The third kappa shape index (κ3) is 2.71. The van der Waals surface area contributed by atoms with Crippen LogP contribution in [0.1, 0.15) is 24.2 Å². The van der Waals surface area contributed by atoms with Crippen LogP contribution in [0.3, 0.4) is 0 Å². The van der Waals surface area contributed by atoms with Crippen LogP contribution in [0.4, 0.5) is 4.39 Å². The molecule has 1 saturated heterocycles. The standard InChI is InChI=1S/C14H19FN2O2/c1-14(2)9-16-6-7-17(14)13(18)10-4-5-11(15)12(8-10)19-3/h4-5,8,16H,6-7,9H2,1-3H3. The molecule has 0 radical (unpaired) electrons. The first-order valence-corrected chi connectivity index (χ1v) is 6.32. The predicted molar refractivity (Wildman–Crippen MR) is 70.9 cm³/mol. The first-order valence-electron chi connectivity index (χ1n) is 6.32. The molecule has 1 aliphatic rings. The molecule has 0 saturated carbocycles. The van der Waals surface area contributed by atoms with E-state index in [0.717, 1.165) is 13.1 Å². The van der Waals surface area contributed by atoms with Crippen LogP contribution in [0, 0.1) is 5.82 Å². The van der Waals surface area contributed by atoms with E-state index in [2.05, 4.69) is 5.32 Å². The summed E-state index contributed by atoms with van der Waals surface area (Å²) < 4.78 is 18.3. The number of amides is 1. The van der Waals surface area contributed by atoms with Crippen molar-refractivity contribution >= 4 is 5.91 Å². The highest BCUT2D eigenvalue weighted by Crippen LogP contribution is 2.23. The van der Waals surface area contributed by atoms with E-state index < -0.39 is 5.82 Å². The topological polar surface area (TPSA) is 41.6 Å². The Morgan fingerprint density at radius 1 is 1.47 bits per heavy atom. The van der Waals surface area contributed by atoms with Crippen LogP contribution < -0.4 is 10.1 Å². The largest absolute Gasteiger partial charge is 0.494 e. The number of nitrogens with one attached hydrogen (secondary N) is 1. The van der Waals surface area contributed by atoms with E-state index in [9.17, 15) is 9.18 Å². The molecule has 104 valence electrons. The summed E-state index contributed by atoms with van der Waals surface area (Å²) in [6.07, 6.45) is 0. The number of hydrogen-bond acceptors (Lipinski definition) is 3. The third-order valence-electron chi connectivity index (χ3n) is 3.44. The maximum Gasteiger partial charge on any atom is 0.254 e. The Bertz CT molecular complexity index is 488. The predicted octanol–water partition coefficient (Wildman–Crippen LogP) is 1.66. The molecule has 19 heavy (non-hydrogen) atoms. The summed E-state index contributed by atoms with van der Waals surface area (Å²) in [7, 11) is 1.39. The maximum absolute atomic E-state index is 13.4. The second-order valence-electron chi connectivity index (χ2n) is 5.30. The number of carbonyl (C=O) groups excluding carboxylic acids is 1. The molecule has 0 aromatic heterocycles. The van der Waals surface area contributed by atoms with Gasteiger partial charge in [0.2, 0.25) is 0 Å². The smallest absolute Gasteiger partial charge is 0.254 e. The summed E-state index contributed by atoms with van der Waals surface area (Å²) in [5, 5.41) is 3.26. The number of methoxy groups -OCH3 is 1. The Morgan fingerprint density at radius 3 is 2.84 bits per heavy atom. The average molecular weight is 266 g/mol. The van der Waals surface area contributed by atoms with E-state index in [1.807, 2.05) is 18.7 Å². The molecule has 0 bridgehead atoms. The van der Waals surface area contributed by atoms with E-state index in [1.54, 1.807) is 0 Å². The summed E-state index contributed by atoms with van der Waals surface area (Å²) in [5.41, 5.74) is 0.199. The van der Waals surface area contributed by atoms with Gasteiger partial charge in [0.1, 0.15) is 0 Å². The minimum Gasteiger partial charge on any atom is -0.494 e. The molecule has 5 heteroatoms. The lowest BCUT2D eigenvalue weighted by atomic mass is 9.98. The molecule has 1 fully saturated rings. The van der Waals surface area contributed by atoms with E-state index in [-0.39, 0.29) is 17.2 Å². The number of nitrogens with zero attached hydrogens (tertiary/aromatic N) is 1. The zero-order chi connectivity index (χ0) is 14.0. The van der Waals surface area contributed by atoms with Crippen LogP contribution in [0.5, 0.6) is 5.75 Å². The van der Waals surface area contributed by atoms with Crippen molar-refractivity contribution in [1.29, 1.82) is 0 Å². The van der Waals surface area contributed by atoms with Gasteiger partial charge >= 0.3 is 0 Å². The van der Waals surface area contributed by atoms with Crippen LogP contribution in [0.15, 0.2) is 18.2 Å². The third-order valence-corrected chi connectivity index (χ3v) is 3.44. The first-order chi connectivity index (χ1) is 8.95. The van der Waals surface area contributed by atoms with Crippen molar-refractivity contribution in [2.45, 2.75) is 19.4 Å². The Hall–Kier alpha value is -1.62. The molecule has 1 aromatic carbocycles. The highest BCUT2D eigenvalue weighted by Gasteiger charge is 2.33. The van der Waals surface area contributed by atoms with Crippen LogP contribution >= 0.6 is 0 Å². The number of benzene rings is 1. The molecule has 0 unspecified atom stereocenters. The lowest BCUT2D eigenvalue weighted by molar-refractivity contribution is 0.0477. The summed E-state index contributed by atoms with van der Waals surface area (Å²) in [4.78, 5) is 14.3. The van der Waals surface area contributed by atoms with Crippen molar-refractivity contribution in [3.05, 3.63) is 29.6 Å². The highest BCUT2D eigenvalue weighted by molar-refractivity contribution is 5.95. The fourth-order valence-electron chi connectivity index (χ4n) is 2.31. The first kappa shape index (κ1) is 13.8. The van der Waals surface area contributed by atoms with Gasteiger partial charge in [0.05, 0.1) is 12.6 Å². The molecule has 0 aliphatic carbocycles. The second-order valence-corrected chi connectivity index (χ2v) is 5.30. The van der Waals surface area contributed by atoms with Gasteiger partial charge in [0, 0.05) is 25.2 Å². The van der Waals surface area contributed by atoms with Crippen molar-refractivity contribution in [3.8, 4) is 5.75 Å². The summed E-state index contributed by atoms with van der Waals surface area (Å²) in [5.74, 6) is -0.456. The summed E-state index contributed by atoms with van der Waals surface area (Å²) in [6, 6.07) is 4.22. The van der Waals surface area contributed by atoms with Gasteiger partial charge in [-0.2, -0.15) is 0 Å². The van der Waals surface area contributed by atoms with Crippen molar-refractivity contribution in [2.24, 2.45) is 0 Å². The normalized spacial score (nSPS) is 18.2. The van der Waals surface area contributed by atoms with E-state index >= 15 is 0 Å². The molecule has 0 atom stereocenters. The minimum atomic E-state index is -0.460. The number of piperazine rings is 1. The molecule has 1 aliphatic heterocycles. The van der Waals surface area contributed by atoms with Gasteiger partial charge < -0.3 is 15.0 Å². The molecular formula is C14H19FN2O2. The van der Waals surface area contributed by atoms with Crippen molar-refractivity contribution in [1.82, 2.24) is 10.2 Å². The quantitative estimate of drug-likeness (QED) is 0.885. The summed E-state index contributed by atoms with van der Waals surface area (Å²) >= 11 is 0. The number of hydrogen-bond donors (Lipinski definition) is 1. The molecule has 1 heterocycles. The van der Waals surface area contributed by atoms with Crippen LogP contribution in [-0.2, 0) is 0 Å². The lowest BCUT2D eigenvalue weighted by Gasteiger charge is -2.42. The van der Waals surface area contributed by atoms with Gasteiger partial charge in [-0.25, -0.2) is 4.39 Å². The molecule has 0 spiro atoms. The van der Waals surface area contributed by atoms with Crippen molar-refractivity contribution in [3.63, 3.8) is 0 Å². The fraction of sp³-hybridized carbons (Fsp3) is 0.500. The van der Waals surface area contributed by atoms with Gasteiger partial charge in [-0.05, 0) is 32.0 Å². The highest BCUT2D eigenvalue weighted by atomic mass is 19.1. The average Bonchev–Trinajstić information content (AvgIpc) is 2.38. The molecule has 4 nitrogen and oxygen atoms in total. The minimum absolute atomic E-state index is 0.0928. The van der Waals surface area contributed by atoms with Gasteiger partial charge in [0.25, 0.3) is 5.91 Å². The van der Waals surface area contributed by atoms with Gasteiger partial charge in [-0.15, -0.1) is 0 Å². The van der Waals surface area contributed by atoms with Gasteiger partial charge in [0.15, 0.2) is 11.6 Å². The second kappa shape index (κ2) is 5.17. The molecule has 1 amide bonds. The van der Waals surface area contributed by atoms with E-state index in [4.69, 9.17) is 4.74 Å². The van der Waals surface area contributed by atoms with Crippen LogP contribution in [0.25, 0.3) is 0 Å². The Morgan fingerprint density at radius 2 is 2.21 bits per heavy atom. The fourth-order valence-corrected chi connectivity index (χ4v) is 2.31. The number of rotatable bonds is 2. The molecule has 2 rings (SSSR count). The van der Waals surface area contributed by atoms with Crippen LogP contribution in [-0.4, -0.2) is 43.1 Å². The number of ether oxygens (including phenoxy) is 1. The Balaban J connectivity index is 2.28. The Labute approximate surface area is 112 Å². The number of halogens is 1. The summed E-state index contributed by atoms with van der Waals surface area (Å²) in [6.45, 7) is 6.19. The zero-order valence-corrected chi connectivity index (χ0v) is 11.5. The van der Waals surface area contributed by atoms with Gasteiger partial charge in [-0.1, -0.05) is 0 Å². The maximum atomic E-state index is 13.4. The van der Waals surface area contributed by atoms with E-state index in [0.29, 0.717) is 12.1 Å². The number of carbonyl (C=O) groups is 1. The van der Waals surface area contributed by atoms with E-state index in [1.165, 1.54) is 25.3 Å².